The standard InChI is InChI=1S/C10H8N4S/c11-14-13-7-3-5-9-4-1-2-6-10(9)12-8-15/h1-6H,7H2. The molecule has 0 bridgehead atoms. The van der Waals surface area contributed by atoms with Crippen molar-refractivity contribution in [3.8, 4) is 0 Å². The zero-order valence-electron chi connectivity index (χ0n) is 7.87. The average molecular weight is 216 g/mol. The van der Waals surface area contributed by atoms with E-state index in [1.807, 2.05) is 30.3 Å². The van der Waals surface area contributed by atoms with Crippen LogP contribution in [-0.4, -0.2) is 11.7 Å². The number of hydrogen-bond acceptors (Lipinski definition) is 3. The van der Waals surface area contributed by atoms with Gasteiger partial charge in [0.25, 0.3) is 0 Å². The fourth-order valence-corrected chi connectivity index (χ4v) is 1.14. The van der Waals surface area contributed by atoms with Gasteiger partial charge in [-0.1, -0.05) is 35.5 Å². The molecular formula is C10H8N4S. The number of rotatable bonds is 4. The highest BCUT2D eigenvalue weighted by molar-refractivity contribution is 7.78. The second-order valence-corrected chi connectivity index (χ2v) is 2.76. The van der Waals surface area contributed by atoms with Gasteiger partial charge >= 0.3 is 0 Å². The summed E-state index contributed by atoms with van der Waals surface area (Å²) in [6.45, 7) is 0.326. The minimum atomic E-state index is 0.326. The predicted molar refractivity (Wildman–Crippen MR) is 64.2 cm³/mol. The van der Waals surface area contributed by atoms with Crippen molar-refractivity contribution in [3.63, 3.8) is 0 Å². The smallest absolute Gasteiger partial charge is 0.0811 e. The molecule has 74 valence electrons. The summed E-state index contributed by atoms with van der Waals surface area (Å²) in [6.07, 6.45) is 3.59. The summed E-state index contributed by atoms with van der Waals surface area (Å²) in [4.78, 5) is 6.56. The molecule has 0 aromatic heterocycles. The fourth-order valence-electron chi connectivity index (χ4n) is 1.04. The molecular weight excluding hydrogens is 208 g/mol. The van der Waals surface area contributed by atoms with E-state index in [0.29, 0.717) is 6.54 Å². The van der Waals surface area contributed by atoms with Gasteiger partial charge in [-0.25, -0.2) is 0 Å². The van der Waals surface area contributed by atoms with Crippen LogP contribution in [0.25, 0.3) is 16.5 Å². The third kappa shape index (κ3) is 3.75. The second kappa shape index (κ2) is 6.51. The maximum atomic E-state index is 8.08. The van der Waals surface area contributed by atoms with E-state index >= 15 is 0 Å². The minimum Gasteiger partial charge on any atom is -0.194 e. The van der Waals surface area contributed by atoms with Crippen LogP contribution in [0.1, 0.15) is 5.56 Å². The molecule has 0 aliphatic carbocycles. The zero-order chi connectivity index (χ0) is 10.9. The first-order valence-corrected chi connectivity index (χ1v) is 4.63. The lowest BCUT2D eigenvalue weighted by atomic mass is 10.1. The highest BCUT2D eigenvalue weighted by Crippen LogP contribution is 2.19. The lowest BCUT2D eigenvalue weighted by Gasteiger charge is -1.96. The Balaban J connectivity index is 2.88. The van der Waals surface area contributed by atoms with Crippen molar-refractivity contribution in [2.45, 2.75) is 0 Å². The molecule has 0 N–H and O–H groups in total. The Morgan fingerprint density at radius 1 is 1.47 bits per heavy atom. The highest BCUT2D eigenvalue weighted by atomic mass is 32.1. The first kappa shape index (κ1) is 11.1. The van der Waals surface area contributed by atoms with Gasteiger partial charge in [0.15, 0.2) is 0 Å². The van der Waals surface area contributed by atoms with Crippen LogP contribution in [-0.2, 0) is 0 Å². The zero-order valence-corrected chi connectivity index (χ0v) is 8.68. The van der Waals surface area contributed by atoms with Crippen LogP contribution < -0.4 is 0 Å². The first-order chi connectivity index (χ1) is 7.38. The van der Waals surface area contributed by atoms with Gasteiger partial charge in [-0.15, -0.1) is 0 Å². The summed E-state index contributed by atoms with van der Waals surface area (Å²) in [6, 6.07) is 7.51. The molecule has 0 spiro atoms. The van der Waals surface area contributed by atoms with E-state index in [-0.39, 0.29) is 0 Å². The maximum Gasteiger partial charge on any atom is 0.0811 e. The van der Waals surface area contributed by atoms with Crippen molar-refractivity contribution in [2.24, 2.45) is 10.1 Å². The van der Waals surface area contributed by atoms with E-state index in [1.165, 1.54) is 0 Å². The summed E-state index contributed by atoms with van der Waals surface area (Å²) in [5.74, 6) is 0. The van der Waals surface area contributed by atoms with Gasteiger partial charge in [-0.3, -0.25) is 0 Å². The minimum absolute atomic E-state index is 0.326. The van der Waals surface area contributed by atoms with Crippen LogP contribution in [0.2, 0.25) is 0 Å². The molecule has 0 aliphatic rings. The largest absolute Gasteiger partial charge is 0.194 e. The van der Waals surface area contributed by atoms with Crippen molar-refractivity contribution < 1.29 is 0 Å². The number of nitrogens with zero attached hydrogens (tertiary/aromatic N) is 4. The highest BCUT2D eigenvalue weighted by Gasteiger charge is 1.93. The van der Waals surface area contributed by atoms with Gasteiger partial charge < -0.3 is 0 Å². The number of thiocarbonyl (C=S) groups is 1. The number of benzene rings is 1. The molecule has 0 saturated heterocycles. The average Bonchev–Trinajstić information content (AvgIpc) is 2.27. The summed E-state index contributed by atoms with van der Waals surface area (Å²) in [7, 11) is 0. The Hall–Kier alpha value is -1.93. The van der Waals surface area contributed by atoms with E-state index in [4.69, 9.17) is 5.53 Å². The van der Waals surface area contributed by atoms with Crippen molar-refractivity contribution in [1.29, 1.82) is 0 Å². The molecule has 0 aliphatic heterocycles. The molecule has 4 nitrogen and oxygen atoms in total. The van der Waals surface area contributed by atoms with E-state index in [1.54, 1.807) is 6.08 Å². The van der Waals surface area contributed by atoms with Crippen LogP contribution in [0.3, 0.4) is 0 Å². The predicted octanol–water partition coefficient (Wildman–Crippen LogP) is 3.74. The van der Waals surface area contributed by atoms with Crippen molar-refractivity contribution >= 4 is 29.1 Å². The summed E-state index contributed by atoms with van der Waals surface area (Å²) >= 11 is 4.54. The third-order valence-electron chi connectivity index (χ3n) is 1.65. The number of para-hydroxylation sites is 1. The van der Waals surface area contributed by atoms with Crippen LogP contribution in [0.4, 0.5) is 5.69 Å². The van der Waals surface area contributed by atoms with Gasteiger partial charge in [0, 0.05) is 17.0 Å². The molecule has 1 aromatic carbocycles. The van der Waals surface area contributed by atoms with E-state index < -0.39 is 0 Å². The maximum absolute atomic E-state index is 8.08. The molecule has 1 aromatic rings. The second-order valence-electron chi connectivity index (χ2n) is 2.58. The molecule has 0 saturated carbocycles. The number of isothiocyanates is 1. The van der Waals surface area contributed by atoms with E-state index in [2.05, 4.69) is 32.4 Å². The summed E-state index contributed by atoms with van der Waals surface area (Å²) in [5, 5.41) is 5.71. The Morgan fingerprint density at radius 3 is 3.00 bits per heavy atom. The molecule has 0 radical (unpaired) electrons. The van der Waals surface area contributed by atoms with Crippen LogP contribution in [0.15, 0.2) is 40.4 Å². The lowest BCUT2D eigenvalue weighted by molar-refractivity contribution is 1.22. The molecule has 0 unspecified atom stereocenters. The molecule has 1 rings (SSSR count). The van der Waals surface area contributed by atoms with Gasteiger partial charge in [-0.2, -0.15) is 4.99 Å². The summed E-state index contributed by atoms with van der Waals surface area (Å²) < 4.78 is 0. The Labute approximate surface area is 92.6 Å². The van der Waals surface area contributed by atoms with Crippen LogP contribution in [0.5, 0.6) is 0 Å². The van der Waals surface area contributed by atoms with Gasteiger partial charge in [0.2, 0.25) is 0 Å². The molecule has 5 heteroatoms. The van der Waals surface area contributed by atoms with E-state index in [9.17, 15) is 0 Å². The number of aliphatic imine (C=N–C) groups is 1. The number of hydrogen-bond donors (Lipinski definition) is 0. The van der Waals surface area contributed by atoms with Gasteiger partial charge in [-0.05, 0) is 23.8 Å². The summed E-state index contributed by atoms with van der Waals surface area (Å²) in [5.41, 5.74) is 9.76. The Morgan fingerprint density at radius 2 is 2.27 bits per heavy atom. The topological polar surface area (TPSA) is 61.1 Å². The SMILES string of the molecule is [N-]=[N+]=NCC=Cc1ccccc1N=C=S. The molecule has 0 amide bonds. The third-order valence-corrected chi connectivity index (χ3v) is 1.74. The van der Waals surface area contributed by atoms with Crippen LogP contribution >= 0.6 is 12.2 Å². The monoisotopic (exact) mass is 216 g/mol. The molecule has 15 heavy (non-hydrogen) atoms. The quantitative estimate of drug-likeness (QED) is 0.248. The van der Waals surface area contributed by atoms with Gasteiger partial charge in [0.1, 0.15) is 0 Å². The normalized spacial score (nSPS) is 9.33. The first-order valence-electron chi connectivity index (χ1n) is 4.23. The Bertz CT molecular complexity index is 454. The van der Waals surface area contributed by atoms with Gasteiger partial charge in [0.05, 0.1) is 10.8 Å². The van der Waals surface area contributed by atoms with Crippen molar-refractivity contribution in [1.82, 2.24) is 0 Å². The van der Waals surface area contributed by atoms with Crippen molar-refractivity contribution in [2.75, 3.05) is 6.54 Å². The Kier molecular flexibility index (Phi) is 4.84. The molecule has 0 heterocycles. The van der Waals surface area contributed by atoms with Crippen molar-refractivity contribution in [3.05, 3.63) is 46.3 Å². The molecule has 0 atom stereocenters. The lowest BCUT2D eigenvalue weighted by Crippen LogP contribution is -1.74. The molecule has 0 fully saturated rings. The van der Waals surface area contributed by atoms with Crippen LogP contribution in [0, 0.1) is 0 Å². The fraction of sp³-hybridized carbons (Fsp3) is 0.100. The number of azide groups is 1. The van der Waals surface area contributed by atoms with E-state index in [0.717, 1.165) is 11.3 Å².